The molecule has 0 aromatic heterocycles. The molecule has 0 atom stereocenters. The number of rotatable bonds is 8. The maximum atomic E-state index is 15.6. The molecular weight excluding hydrogens is 777 g/mol. The molecule has 0 radical (unpaired) electrons. The van der Waals surface area contributed by atoms with Crippen molar-refractivity contribution in [3.8, 4) is 44.5 Å². The van der Waals surface area contributed by atoms with Crippen molar-refractivity contribution in [2.45, 2.75) is 0 Å². The van der Waals surface area contributed by atoms with E-state index < -0.39 is 0 Å². The number of allylic oxidation sites excluding steroid dienone is 4. The first-order valence-corrected chi connectivity index (χ1v) is 21.6. The third kappa shape index (κ3) is 6.77. The monoisotopic (exact) mass is 818 g/mol. The topological polar surface area (TPSA) is 69.1 Å². The van der Waals surface area contributed by atoms with Crippen LogP contribution in [0.15, 0.2) is 231 Å². The summed E-state index contributed by atoms with van der Waals surface area (Å²) < 4.78 is 0. The van der Waals surface area contributed by atoms with E-state index in [9.17, 15) is 0 Å². The molecule has 11 rings (SSSR count). The quantitative estimate of drug-likeness (QED) is 0.150. The molecule has 4 N–H and O–H groups in total. The van der Waals surface area contributed by atoms with Crippen molar-refractivity contribution >= 4 is 61.0 Å². The Labute approximate surface area is 372 Å². The normalized spacial score (nSPS) is 12.7. The van der Waals surface area contributed by atoms with Gasteiger partial charge in [0.2, 0.25) is 0 Å². The first-order valence-electron chi connectivity index (χ1n) is 21.6. The standard InChI is InChI=1S/C61H42N2O/c62-55-37-35-49(51-15-7-9-17-53(51)55)43-23-31-47(32-24-43)59-57(45-27-19-41(20-28-45)39-11-3-1-4-12-39)58(46-29-21-42(22-30-46)40-13-5-2-6-14-40)60(61(59)64)48-33-25-44(26-34-48)50-36-38-56(63)54-18-10-8-16-52(50)54/h1-38H,62-63H2. The summed E-state index contributed by atoms with van der Waals surface area (Å²) >= 11 is 0. The third-order valence-electron chi connectivity index (χ3n) is 12.7. The Hall–Kier alpha value is -8.53. The van der Waals surface area contributed by atoms with Gasteiger partial charge in [-0.25, -0.2) is 0 Å². The van der Waals surface area contributed by atoms with Crippen LogP contribution in [-0.4, -0.2) is 5.78 Å². The van der Waals surface area contributed by atoms with Crippen LogP contribution in [0, 0.1) is 0 Å². The van der Waals surface area contributed by atoms with Gasteiger partial charge in [0.1, 0.15) is 0 Å². The van der Waals surface area contributed by atoms with Gasteiger partial charge in [0, 0.05) is 44.4 Å². The van der Waals surface area contributed by atoms with Crippen LogP contribution in [0.4, 0.5) is 11.4 Å². The molecule has 0 spiro atoms. The van der Waals surface area contributed by atoms with E-state index in [1.54, 1.807) is 0 Å². The van der Waals surface area contributed by atoms with Gasteiger partial charge in [-0.1, -0.05) is 218 Å². The lowest BCUT2D eigenvalue weighted by atomic mass is 9.87. The zero-order valence-electron chi connectivity index (χ0n) is 35.0. The molecule has 0 unspecified atom stereocenters. The maximum Gasteiger partial charge on any atom is 0.195 e. The highest BCUT2D eigenvalue weighted by atomic mass is 16.1. The van der Waals surface area contributed by atoms with E-state index in [4.69, 9.17) is 11.5 Å². The molecule has 0 saturated carbocycles. The summed E-state index contributed by atoms with van der Waals surface area (Å²) in [6.45, 7) is 0. The molecule has 0 saturated heterocycles. The lowest BCUT2D eigenvalue weighted by molar-refractivity contribution is -0.108. The summed E-state index contributed by atoms with van der Waals surface area (Å²) in [5.41, 5.74) is 29.9. The van der Waals surface area contributed by atoms with Gasteiger partial charge in [0.15, 0.2) is 5.78 Å². The number of hydrogen-bond acceptors (Lipinski definition) is 3. The Morgan fingerprint density at radius 2 is 0.484 bits per heavy atom. The Bertz CT molecular complexity index is 3220. The van der Waals surface area contributed by atoms with E-state index in [-0.39, 0.29) is 5.78 Å². The molecule has 0 bridgehead atoms. The Kier molecular flexibility index (Phi) is 9.64. The molecule has 64 heavy (non-hydrogen) atoms. The van der Waals surface area contributed by atoms with E-state index in [0.717, 1.165) is 111 Å². The van der Waals surface area contributed by atoms with Crippen molar-refractivity contribution in [2.75, 3.05) is 11.5 Å². The minimum absolute atomic E-state index is 0.0133. The van der Waals surface area contributed by atoms with Crippen LogP contribution in [0.3, 0.4) is 0 Å². The van der Waals surface area contributed by atoms with Crippen LogP contribution >= 0.6 is 0 Å². The fourth-order valence-corrected chi connectivity index (χ4v) is 9.43. The smallest absolute Gasteiger partial charge is 0.195 e. The van der Waals surface area contributed by atoms with Crippen LogP contribution in [0.5, 0.6) is 0 Å². The molecule has 0 fully saturated rings. The Morgan fingerprint density at radius 1 is 0.219 bits per heavy atom. The largest absolute Gasteiger partial charge is 0.398 e. The first-order chi connectivity index (χ1) is 31.5. The Balaban J connectivity index is 1.10. The maximum absolute atomic E-state index is 15.6. The van der Waals surface area contributed by atoms with E-state index in [1.807, 2.05) is 48.5 Å². The first kappa shape index (κ1) is 38.4. The third-order valence-corrected chi connectivity index (χ3v) is 12.7. The van der Waals surface area contributed by atoms with Gasteiger partial charge in [-0.2, -0.15) is 0 Å². The van der Waals surface area contributed by atoms with Gasteiger partial charge in [0.25, 0.3) is 0 Å². The number of fused-ring (bicyclic) bond motifs is 2. The van der Waals surface area contributed by atoms with Crippen LogP contribution in [-0.2, 0) is 4.79 Å². The van der Waals surface area contributed by atoms with Crippen molar-refractivity contribution in [2.24, 2.45) is 0 Å². The number of carbonyl (C=O) groups is 1. The van der Waals surface area contributed by atoms with Gasteiger partial charge < -0.3 is 11.5 Å². The molecule has 0 amide bonds. The minimum Gasteiger partial charge on any atom is -0.398 e. The molecule has 0 aliphatic heterocycles. The molecule has 3 heteroatoms. The number of hydrogen-bond donors (Lipinski definition) is 2. The van der Waals surface area contributed by atoms with Crippen molar-refractivity contribution in [3.63, 3.8) is 0 Å². The van der Waals surface area contributed by atoms with E-state index in [0.29, 0.717) is 11.1 Å². The average Bonchev–Trinajstić information content (AvgIpc) is 3.67. The number of nitrogen functional groups attached to an aromatic ring is 2. The van der Waals surface area contributed by atoms with Gasteiger partial charge in [-0.15, -0.1) is 0 Å². The van der Waals surface area contributed by atoms with Gasteiger partial charge in [-0.3, -0.25) is 4.79 Å². The van der Waals surface area contributed by atoms with Crippen molar-refractivity contribution < 1.29 is 4.79 Å². The number of anilines is 2. The lowest BCUT2D eigenvalue weighted by Crippen LogP contribution is -2.02. The fourth-order valence-electron chi connectivity index (χ4n) is 9.43. The zero-order chi connectivity index (χ0) is 43.1. The summed E-state index contributed by atoms with van der Waals surface area (Å²) in [5.74, 6) is -0.0133. The number of ketones is 1. The highest BCUT2D eigenvalue weighted by Gasteiger charge is 2.35. The zero-order valence-corrected chi connectivity index (χ0v) is 35.0. The average molecular weight is 819 g/mol. The molecule has 1 aliphatic rings. The SMILES string of the molecule is Nc1ccc(-c2ccc(C3=C(c4ccc(-c5ccccc5)cc4)C(c4ccc(-c5ccccc5)cc4)=C(c4ccc(-c5ccc(N)c6ccccc56)cc4)C3=O)cc2)c2ccccc12. The van der Waals surface area contributed by atoms with E-state index in [2.05, 4.69) is 182 Å². The van der Waals surface area contributed by atoms with Crippen molar-refractivity contribution in [1.29, 1.82) is 0 Å². The predicted octanol–water partition coefficient (Wildman–Crippen LogP) is 14.9. The Morgan fingerprint density at radius 3 is 0.844 bits per heavy atom. The minimum atomic E-state index is -0.0133. The number of carbonyl (C=O) groups excluding carboxylic acids is 1. The highest BCUT2D eigenvalue weighted by molar-refractivity contribution is 6.59. The van der Waals surface area contributed by atoms with Gasteiger partial charge in [-0.05, 0) is 89.7 Å². The second kappa shape index (κ2) is 16.1. The van der Waals surface area contributed by atoms with E-state index in [1.165, 1.54) is 0 Å². The van der Waals surface area contributed by atoms with Crippen LogP contribution in [0.25, 0.3) is 88.3 Å². The second-order valence-electron chi connectivity index (χ2n) is 16.4. The van der Waals surface area contributed by atoms with Crippen LogP contribution < -0.4 is 11.5 Å². The fraction of sp³-hybridized carbons (Fsp3) is 0. The molecule has 10 aromatic rings. The molecule has 3 nitrogen and oxygen atoms in total. The summed E-state index contributed by atoms with van der Waals surface area (Å²) in [5, 5.41) is 4.22. The lowest BCUT2D eigenvalue weighted by Gasteiger charge is -2.15. The highest BCUT2D eigenvalue weighted by Crippen LogP contribution is 2.51. The molecule has 1 aliphatic carbocycles. The van der Waals surface area contributed by atoms with Crippen LogP contribution in [0.2, 0.25) is 0 Å². The predicted molar refractivity (Wildman–Crippen MR) is 270 cm³/mol. The van der Waals surface area contributed by atoms with Crippen LogP contribution in [0.1, 0.15) is 22.3 Å². The summed E-state index contributed by atoms with van der Waals surface area (Å²) in [4.78, 5) is 15.6. The van der Waals surface area contributed by atoms with Crippen molar-refractivity contribution in [1.82, 2.24) is 0 Å². The number of nitrogens with two attached hydrogens (primary N) is 2. The number of Topliss-reactive ketones (excluding diaryl/α,β-unsaturated/α-hetero) is 1. The van der Waals surface area contributed by atoms with E-state index >= 15 is 4.79 Å². The summed E-state index contributed by atoms with van der Waals surface area (Å²) in [7, 11) is 0. The molecule has 0 heterocycles. The molecule has 10 aromatic carbocycles. The summed E-state index contributed by atoms with van der Waals surface area (Å²) in [6, 6.07) is 79.6. The molecular formula is C61H42N2O. The van der Waals surface area contributed by atoms with Gasteiger partial charge >= 0.3 is 0 Å². The van der Waals surface area contributed by atoms with Gasteiger partial charge in [0.05, 0.1) is 0 Å². The number of benzene rings is 10. The second-order valence-corrected chi connectivity index (χ2v) is 16.4. The molecule has 302 valence electrons. The summed E-state index contributed by atoms with van der Waals surface area (Å²) in [6.07, 6.45) is 0. The van der Waals surface area contributed by atoms with Crippen molar-refractivity contribution in [3.05, 3.63) is 253 Å².